The average Bonchev–Trinajstić information content (AvgIpc) is 2.33. The van der Waals surface area contributed by atoms with Crippen LogP contribution in [0.4, 0.5) is 5.69 Å². The van der Waals surface area contributed by atoms with Crippen LogP contribution in [0.1, 0.15) is 22.8 Å². The summed E-state index contributed by atoms with van der Waals surface area (Å²) >= 11 is 5.62. The van der Waals surface area contributed by atoms with E-state index in [1.54, 1.807) is 11.0 Å². The lowest BCUT2D eigenvalue weighted by atomic mass is 9.98. The van der Waals surface area contributed by atoms with Crippen molar-refractivity contribution in [2.75, 3.05) is 18.8 Å². The zero-order valence-corrected chi connectivity index (χ0v) is 10.5. The first-order valence-electron chi connectivity index (χ1n) is 5.55. The van der Waals surface area contributed by atoms with Crippen LogP contribution in [0.15, 0.2) is 29.3 Å². The summed E-state index contributed by atoms with van der Waals surface area (Å²) in [5.41, 5.74) is 10.6. The summed E-state index contributed by atoms with van der Waals surface area (Å²) < 4.78 is 0. The largest absolute Gasteiger partial charge is 0.399 e. The van der Waals surface area contributed by atoms with Crippen molar-refractivity contribution < 1.29 is 4.79 Å². The lowest BCUT2D eigenvalue weighted by Gasteiger charge is -2.28. The minimum atomic E-state index is 0.0383. The van der Waals surface area contributed by atoms with E-state index in [9.17, 15) is 4.79 Å². The first-order valence-corrected chi connectivity index (χ1v) is 5.99. The zero-order chi connectivity index (χ0) is 12.4. The van der Waals surface area contributed by atoms with E-state index in [0.29, 0.717) is 12.2 Å². The fourth-order valence-electron chi connectivity index (χ4n) is 2.02. The monoisotopic (exact) mass is 250 g/mol. The Labute approximate surface area is 106 Å². The summed E-state index contributed by atoms with van der Waals surface area (Å²) in [7, 11) is 0. The SMILES string of the molecule is C/C(=C/Cl)CN1CCc2ccc(N)cc2C1=O. The summed E-state index contributed by atoms with van der Waals surface area (Å²) in [6.45, 7) is 3.23. The van der Waals surface area contributed by atoms with Gasteiger partial charge in [0.1, 0.15) is 0 Å². The second-order valence-corrected chi connectivity index (χ2v) is 4.57. The van der Waals surface area contributed by atoms with Gasteiger partial charge in [-0.25, -0.2) is 0 Å². The average molecular weight is 251 g/mol. The molecular formula is C13H15ClN2O. The highest BCUT2D eigenvalue weighted by Gasteiger charge is 2.24. The molecule has 0 fully saturated rings. The molecule has 1 aromatic carbocycles. The second kappa shape index (κ2) is 4.80. The molecule has 0 saturated heterocycles. The van der Waals surface area contributed by atoms with Crippen molar-refractivity contribution in [3.8, 4) is 0 Å². The minimum Gasteiger partial charge on any atom is -0.399 e. The molecule has 2 rings (SSSR count). The van der Waals surface area contributed by atoms with E-state index in [1.807, 2.05) is 19.1 Å². The summed E-state index contributed by atoms with van der Waals surface area (Å²) in [4.78, 5) is 14.0. The van der Waals surface area contributed by atoms with Crippen LogP contribution in [0.3, 0.4) is 0 Å². The van der Waals surface area contributed by atoms with Gasteiger partial charge in [-0.2, -0.15) is 0 Å². The molecule has 1 aromatic rings. The van der Waals surface area contributed by atoms with Gasteiger partial charge < -0.3 is 10.6 Å². The number of nitrogens with two attached hydrogens (primary N) is 1. The van der Waals surface area contributed by atoms with Gasteiger partial charge in [-0.3, -0.25) is 4.79 Å². The third-order valence-corrected chi connectivity index (χ3v) is 3.30. The van der Waals surface area contributed by atoms with Gasteiger partial charge in [-0.15, -0.1) is 0 Å². The highest BCUT2D eigenvalue weighted by Crippen LogP contribution is 2.22. The van der Waals surface area contributed by atoms with Crippen molar-refractivity contribution in [1.82, 2.24) is 4.90 Å². The molecule has 1 amide bonds. The number of hydrogen-bond acceptors (Lipinski definition) is 2. The number of hydrogen-bond donors (Lipinski definition) is 1. The molecule has 0 atom stereocenters. The highest BCUT2D eigenvalue weighted by molar-refractivity contribution is 6.25. The van der Waals surface area contributed by atoms with Crippen molar-refractivity contribution in [3.05, 3.63) is 40.4 Å². The number of fused-ring (bicyclic) bond motifs is 1. The number of amides is 1. The van der Waals surface area contributed by atoms with E-state index in [4.69, 9.17) is 17.3 Å². The van der Waals surface area contributed by atoms with Gasteiger partial charge in [0.05, 0.1) is 0 Å². The molecule has 0 spiro atoms. The third-order valence-electron chi connectivity index (χ3n) is 2.93. The topological polar surface area (TPSA) is 46.3 Å². The molecule has 0 aliphatic carbocycles. The Morgan fingerprint density at radius 2 is 2.35 bits per heavy atom. The van der Waals surface area contributed by atoms with Crippen LogP contribution in [-0.2, 0) is 6.42 Å². The fraction of sp³-hybridized carbons (Fsp3) is 0.308. The Morgan fingerprint density at radius 1 is 1.59 bits per heavy atom. The van der Waals surface area contributed by atoms with Gasteiger partial charge in [-0.1, -0.05) is 17.7 Å². The molecule has 17 heavy (non-hydrogen) atoms. The van der Waals surface area contributed by atoms with Crippen molar-refractivity contribution >= 4 is 23.2 Å². The summed E-state index contributed by atoms with van der Waals surface area (Å²) in [5, 5.41) is 0. The smallest absolute Gasteiger partial charge is 0.254 e. The summed E-state index contributed by atoms with van der Waals surface area (Å²) in [6, 6.07) is 5.53. The van der Waals surface area contributed by atoms with E-state index in [-0.39, 0.29) is 5.91 Å². The molecular weight excluding hydrogens is 236 g/mol. The van der Waals surface area contributed by atoms with Crippen LogP contribution in [0.2, 0.25) is 0 Å². The molecule has 1 aliphatic rings. The van der Waals surface area contributed by atoms with Gasteiger partial charge in [0.25, 0.3) is 5.91 Å². The third kappa shape index (κ3) is 2.44. The number of rotatable bonds is 2. The van der Waals surface area contributed by atoms with E-state index < -0.39 is 0 Å². The van der Waals surface area contributed by atoms with E-state index in [0.717, 1.165) is 29.7 Å². The Kier molecular flexibility index (Phi) is 3.38. The second-order valence-electron chi connectivity index (χ2n) is 4.35. The van der Waals surface area contributed by atoms with Crippen molar-refractivity contribution in [3.63, 3.8) is 0 Å². The molecule has 3 nitrogen and oxygen atoms in total. The van der Waals surface area contributed by atoms with Crippen LogP contribution in [0.25, 0.3) is 0 Å². The Bertz CT molecular complexity index is 482. The predicted octanol–water partition coefficient (Wildman–Crippen LogP) is 2.41. The lowest BCUT2D eigenvalue weighted by molar-refractivity contribution is 0.0755. The van der Waals surface area contributed by atoms with Gasteiger partial charge >= 0.3 is 0 Å². The van der Waals surface area contributed by atoms with E-state index in [1.165, 1.54) is 5.54 Å². The predicted molar refractivity (Wildman–Crippen MR) is 70.1 cm³/mol. The first-order chi connectivity index (χ1) is 8.11. The number of nitrogen functional groups attached to an aromatic ring is 1. The molecule has 0 bridgehead atoms. The number of halogens is 1. The maximum Gasteiger partial charge on any atom is 0.254 e. The number of benzene rings is 1. The molecule has 0 aromatic heterocycles. The summed E-state index contributed by atoms with van der Waals surface area (Å²) in [5.74, 6) is 0.0383. The standard InChI is InChI=1S/C13H15ClN2O/c1-9(7-14)8-16-5-4-10-2-3-11(15)6-12(10)13(16)17/h2-3,6-7H,4-5,8,15H2,1H3/b9-7-. The van der Waals surface area contributed by atoms with Crippen molar-refractivity contribution in [2.24, 2.45) is 0 Å². The van der Waals surface area contributed by atoms with Crippen molar-refractivity contribution in [2.45, 2.75) is 13.3 Å². The zero-order valence-electron chi connectivity index (χ0n) is 9.74. The fourth-order valence-corrected chi connectivity index (χ4v) is 2.09. The summed E-state index contributed by atoms with van der Waals surface area (Å²) in [6.07, 6.45) is 0.872. The van der Waals surface area contributed by atoms with Gasteiger partial charge in [0, 0.05) is 29.9 Å². The van der Waals surface area contributed by atoms with Crippen molar-refractivity contribution in [1.29, 1.82) is 0 Å². The number of carbonyl (C=O) groups excluding carboxylic acids is 1. The maximum absolute atomic E-state index is 12.2. The normalized spacial score (nSPS) is 16.0. The quantitative estimate of drug-likeness (QED) is 0.820. The van der Waals surface area contributed by atoms with Crippen LogP contribution < -0.4 is 5.73 Å². The molecule has 1 heterocycles. The molecule has 1 aliphatic heterocycles. The number of anilines is 1. The number of nitrogens with zero attached hydrogens (tertiary/aromatic N) is 1. The van der Waals surface area contributed by atoms with E-state index in [2.05, 4.69) is 0 Å². The van der Waals surface area contributed by atoms with Gasteiger partial charge in [0.15, 0.2) is 0 Å². The molecule has 90 valence electrons. The molecule has 0 unspecified atom stereocenters. The Morgan fingerprint density at radius 3 is 3.06 bits per heavy atom. The molecule has 2 N–H and O–H groups in total. The number of carbonyl (C=O) groups is 1. The molecule has 0 radical (unpaired) electrons. The van der Waals surface area contributed by atoms with Gasteiger partial charge in [-0.05, 0) is 36.6 Å². The van der Waals surface area contributed by atoms with E-state index >= 15 is 0 Å². The van der Waals surface area contributed by atoms with Crippen LogP contribution >= 0.6 is 11.6 Å². The highest BCUT2D eigenvalue weighted by atomic mass is 35.5. The first kappa shape index (κ1) is 12.0. The molecule has 4 heteroatoms. The van der Waals surface area contributed by atoms with Crippen LogP contribution in [-0.4, -0.2) is 23.9 Å². The van der Waals surface area contributed by atoms with Crippen LogP contribution in [0.5, 0.6) is 0 Å². The maximum atomic E-state index is 12.2. The Balaban J connectivity index is 2.26. The Hall–Kier alpha value is -1.48. The van der Waals surface area contributed by atoms with Gasteiger partial charge in [0.2, 0.25) is 0 Å². The minimum absolute atomic E-state index is 0.0383. The van der Waals surface area contributed by atoms with Crippen LogP contribution in [0, 0.1) is 0 Å². The lowest BCUT2D eigenvalue weighted by Crippen LogP contribution is -2.38. The molecule has 0 saturated carbocycles.